The number of carbonyl (C=O) groups is 1. The molecule has 3 rings (SSSR count). The number of hydrogen-bond donors (Lipinski definition) is 1. The summed E-state index contributed by atoms with van der Waals surface area (Å²) >= 11 is 3.39. The molecule has 0 bridgehead atoms. The molecule has 2 aromatic rings. The summed E-state index contributed by atoms with van der Waals surface area (Å²) in [5.41, 5.74) is 1.25. The summed E-state index contributed by atoms with van der Waals surface area (Å²) in [6, 6.07) is 12.8. The first-order chi connectivity index (χ1) is 12.8. The molecule has 0 radical (unpaired) electrons. The van der Waals surface area contributed by atoms with E-state index in [1.807, 2.05) is 24.3 Å². The van der Waals surface area contributed by atoms with E-state index in [0.717, 1.165) is 4.47 Å². The van der Waals surface area contributed by atoms with Gasteiger partial charge in [0.05, 0.1) is 11.4 Å². The second kappa shape index (κ2) is 8.50. The van der Waals surface area contributed by atoms with Crippen LogP contribution >= 0.6 is 15.9 Å². The SMILES string of the molecule is O=C(Nc1ccccc1Br)C1CCN(S(=O)(=O)Cc2ccc(F)cc2)CC1. The fourth-order valence-electron chi connectivity index (χ4n) is 3.08. The monoisotopic (exact) mass is 454 g/mol. The number of piperidine rings is 1. The first kappa shape index (κ1) is 20.0. The maximum Gasteiger partial charge on any atom is 0.227 e. The van der Waals surface area contributed by atoms with Gasteiger partial charge in [-0.1, -0.05) is 24.3 Å². The average molecular weight is 455 g/mol. The van der Waals surface area contributed by atoms with E-state index in [-0.39, 0.29) is 17.6 Å². The number of hydrogen-bond acceptors (Lipinski definition) is 3. The Balaban J connectivity index is 1.57. The van der Waals surface area contributed by atoms with Crippen LogP contribution in [0.25, 0.3) is 0 Å². The standard InChI is InChI=1S/C19H20BrFN2O3S/c20-17-3-1-2-4-18(17)22-19(24)15-9-11-23(12-10-15)27(25,26)13-14-5-7-16(21)8-6-14/h1-8,15H,9-13H2,(H,22,24). The lowest BCUT2D eigenvalue weighted by Crippen LogP contribution is -2.41. The molecule has 1 heterocycles. The van der Waals surface area contributed by atoms with Gasteiger partial charge in [-0.2, -0.15) is 0 Å². The van der Waals surface area contributed by atoms with E-state index in [1.165, 1.54) is 28.6 Å². The van der Waals surface area contributed by atoms with Crippen molar-refractivity contribution in [1.29, 1.82) is 0 Å². The van der Waals surface area contributed by atoms with Crippen LogP contribution in [0.2, 0.25) is 0 Å². The molecule has 5 nitrogen and oxygen atoms in total. The fraction of sp³-hybridized carbons (Fsp3) is 0.316. The van der Waals surface area contributed by atoms with Crippen LogP contribution in [0.4, 0.5) is 10.1 Å². The molecular weight excluding hydrogens is 435 g/mol. The van der Waals surface area contributed by atoms with Gasteiger partial charge in [0.1, 0.15) is 5.82 Å². The summed E-state index contributed by atoms with van der Waals surface area (Å²) in [7, 11) is -3.49. The van der Waals surface area contributed by atoms with Crippen LogP contribution in [0, 0.1) is 11.7 Å². The molecule has 27 heavy (non-hydrogen) atoms. The van der Waals surface area contributed by atoms with Crippen LogP contribution in [0.5, 0.6) is 0 Å². The Morgan fingerprint density at radius 2 is 1.74 bits per heavy atom. The molecule has 0 aromatic heterocycles. The number of amides is 1. The van der Waals surface area contributed by atoms with Gasteiger partial charge in [0.15, 0.2) is 0 Å². The number of anilines is 1. The summed E-state index contributed by atoms with van der Waals surface area (Å²) in [6.45, 7) is 0.606. The van der Waals surface area contributed by atoms with E-state index in [2.05, 4.69) is 21.2 Å². The third-order valence-corrected chi connectivity index (χ3v) is 7.15. The molecule has 0 unspecified atom stereocenters. The molecule has 1 saturated heterocycles. The molecule has 0 aliphatic carbocycles. The van der Waals surface area contributed by atoms with Gasteiger partial charge in [-0.3, -0.25) is 4.79 Å². The Labute approximate surface area is 166 Å². The molecule has 2 aromatic carbocycles. The smallest absolute Gasteiger partial charge is 0.227 e. The lowest BCUT2D eigenvalue weighted by atomic mass is 9.97. The predicted molar refractivity (Wildman–Crippen MR) is 106 cm³/mol. The van der Waals surface area contributed by atoms with E-state index < -0.39 is 15.8 Å². The second-order valence-corrected chi connectivity index (χ2v) is 9.35. The zero-order valence-electron chi connectivity index (χ0n) is 14.6. The van der Waals surface area contributed by atoms with E-state index in [4.69, 9.17) is 0 Å². The number of para-hydroxylation sites is 1. The highest BCUT2D eigenvalue weighted by Gasteiger charge is 2.31. The highest BCUT2D eigenvalue weighted by atomic mass is 79.9. The Bertz CT molecular complexity index is 911. The van der Waals surface area contributed by atoms with Crippen LogP contribution in [0.15, 0.2) is 53.0 Å². The number of sulfonamides is 1. The normalized spacial score (nSPS) is 16.2. The van der Waals surface area contributed by atoms with Gasteiger partial charge in [-0.25, -0.2) is 17.1 Å². The van der Waals surface area contributed by atoms with Crippen LogP contribution in [-0.4, -0.2) is 31.7 Å². The van der Waals surface area contributed by atoms with Crippen LogP contribution in [0.3, 0.4) is 0 Å². The van der Waals surface area contributed by atoms with Crippen molar-refractivity contribution in [3.63, 3.8) is 0 Å². The third kappa shape index (κ3) is 5.15. The number of nitrogens with zero attached hydrogens (tertiary/aromatic N) is 1. The first-order valence-electron chi connectivity index (χ1n) is 8.63. The molecule has 0 saturated carbocycles. The minimum Gasteiger partial charge on any atom is -0.325 e. The van der Waals surface area contributed by atoms with Crippen LogP contribution in [0.1, 0.15) is 18.4 Å². The molecule has 1 aliphatic rings. The molecule has 8 heteroatoms. The van der Waals surface area contributed by atoms with Gasteiger partial charge < -0.3 is 5.32 Å². The molecule has 1 aliphatic heterocycles. The number of halogens is 2. The van der Waals surface area contributed by atoms with Gasteiger partial charge >= 0.3 is 0 Å². The van der Waals surface area contributed by atoms with Crippen molar-refractivity contribution < 1.29 is 17.6 Å². The number of rotatable bonds is 5. The summed E-state index contributed by atoms with van der Waals surface area (Å²) in [4.78, 5) is 12.5. The van der Waals surface area contributed by atoms with Gasteiger partial charge in [-0.15, -0.1) is 0 Å². The van der Waals surface area contributed by atoms with E-state index in [9.17, 15) is 17.6 Å². The third-order valence-electron chi connectivity index (χ3n) is 4.61. The fourth-order valence-corrected chi connectivity index (χ4v) is 5.02. The molecular formula is C19H20BrFN2O3S. The van der Waals surface area contributed by atoms with Crippen LogP contribution < -0.4 is 5.32 Å². The minimum absolute atomic E-state index is 0.0996. The molecule has 0 atom stereocenters. The minimum atomic E-state index is -3.49. The van der Waals surface area contributed by atoms with Gasteiger partial charge in [-0.05, 0) is 58.6 Å². The van der Waals surface area contributed by atoms with Crippen molar-refractivity contribution in [2.75, 3.05) is 18.4 Å². The maximum absolute atomic E-state index is 13.0. The lowest BCUT2D eigenvalue weighted by Gasteiger charge is -2.30. The Morgan fingerprint density at radius 1 is 1.11 bits per heavy atom. The van der Waals surface area contributed by atoms with E-state index in [0.29, 0.717) is 37.2 Å². The Kier molecular flexibility index (Phi) is 6.29. The molecule has 1 fully saturated rings. The lowest BCUT2D eigenvalue weighted by molar-refractivity contribution is -0.120. The zero-order chi connectivity index (χ0) is 19.4. The van der Waals surface area contributed by atoms with Crippen molar-refractivity contribution in [2.24, 2.45) is 5.92 Å². The van der Waals surface area contributed by atoms with Crippen molar-refractivity contribution >= 4 is 37.5 Å². The first-order valence-corrected chi connectivity index (χ1v) is 11.0. The maximum atomic E-state index is 13.0. The molecule has 144 valence electrons. The van der Waals surface area contributed by atoms with Gasteiger partial charge in [0, 0.05) is 23.5 Å². The molecule has 1 N–H and O–H groups in total. The highest BCUT2D eigenvalue weighted by Crippen LogP contribution is 2.26. The number of benzene rings is 2. The molecule has 0 spiro atoms. The summed E-state index contributed by atoms with van der Waals surface area (Å²) < 4.78 is 40.3. The van der Waals surface area contributed by atoms with Crippen molar-refractivity contribution in [3.8, 4) is 0 Å². The van der Waals surface area contributed by atoms with Crippen molar-refractivity contribution in [1.82, 2.24) is 4.31 Å². The highest BCUT2D eigenvalue weighted by molar-refractivity contribution is 9.10. The zero-order valence-corrected chi connectivity index (χ0v) is 17.0. The average Bonchev–Trinajstić information content (AvgIpc) is 2.65. The Morgan fingerprint density at radius 3 is 2.37 bits per heavy atom. The second-order valence-electron chi connectivity index (χ2n) is 6.53. The van der Waals surface area contributed by atoms with E-state index >= 15 is 0 Å². The van der Waals surface area contributed by atoms with Gasteiger partial charge in [0.2, 0.25) is 15.9 Å². The summed E-state index contributed by atoms with van der Waals surface area (Å²) in [6.07, 6.45) is 0.942. The summed E-state index contributed by atoms with van der Waals surface area (Å²) in [5.74, 6) is -0.888. The molecule has 1 amide bonds. The Hall–Kier alpha value is -1.77. The van der Waals surface area contributed by atoms with E-state index in [1.54, 1.807) is 0 Å². The van der Waals surface area contributed by atoms with Crippen molar-refractivity contribution in [3.05, 3.63) is 64.4 Å². The topological polar surface area (TPSA) is 66.5 Å². The number of nitrogens with one attached hydrogen (secondary N) is 1. The predicted octanol–water partition coefficient (Wildman–Crippen LogP) is 3.77. The van der Waals surface area contributed by atoms with Crippen molar-refractivity contribution in [2.45, 2.75) is 18.6 Å². The number of carbonyl (C=O) groups excluding carboxylic acids is 1. The van der Waals surface area contributed by atoms with Gasteiger partial charge in [0.25, 0.3) is 0 Å². The quantitative estimate of drug-likeness (QED) is 0.747. The van der Waals surface area contributed by atoms with Crippen LogP contribution in [-0.2, 0) is 20.6 Å². The largest absolute Gasteiger partial charge is 0.325 e. The summed E-state index contributed by atoms with van der Waals surface area (Å²) in [5, 5.41) is 2.89.